The first-order chi connectivity index (χ1) is 8.17. The van der Waals surface area contributed by atoms with E-state index in [1.807, 2.05) is 6.92 Å². The van der Waals surface area contributed by atoms with E-state index in [9.17, 15) is 9.90 Å². The van der Waals surface area contributed by atoms with Gasteiger partial charge in [-0.3, -0.25) is 4.90 Å². The second-order valence-corrected chi connectivity index (χ2v) is 4.96. The van der Waals surface area contributed by atoms with Gasteiger partial charge in [0, 0.05) is 24.6 Å². The largest absolute Gasteiger partial charge is 0.457 e. The zero-order valence-corrected chi connectivity index (χ0v) is 10.6. The monoisotopic (exact) mass is 239 g/mol. The highest BCUT2D eigenvalue weighted by atomic mass is 16.5. The van der Waals surface area contributed by atoms with Crippen molar-refractivity contribution in [1.82, 2.24) is 4.90 Å². The molecule has 0 unspecified atom stereocenters. The van der Waals surface area contributed by atoms with Crippen molar-refractivity contribution in [3.8, 4) is 0 Å². The third-order valence-electron chi connectivity index (χ3n) is 4.02. The molecule has 17 heavy (non-hydrogen) atoms. The topological polar surface area (TPSA) is 49.8 Å². The number of carbonyl (C=O) groups excluding carboxylic acids is 1. The van der Waals surface area contributed by atoms with Crippen LogP contribution in [0.5, 0.6) is 0 Å². The fourth-order valence-electron chi connectivity index (χ4n) is 2.89. The molecule has 0 spiro atoms. The smallest absolute Gasteiger partial charge is 0.333 e. The molecule has 0 bridgehead atoms. The summed E-state index contributed by atoms with van der Waals surface area (Å²) in [6.07, 6.45) is 3.63. The first-order valence-corrected chi connectivity index (χ1v) is 6.36. The lowest BCUT2D eigenvalue weighted by Crippen LogP contribution is -2.38. The number of aliphatic hydroxyl groups excluding tert-OH is 1. The maximum atomic E-state index is 11.7. The van der Waals surface area contributed by atoms with E-state index in [0.29, 0.717) is 5.57 Å². The van der Waals surface area contributed by atoms with Crippen LogP contribution in [0, 0.1) is 5.92 Å². The zero-order chi connectivity index (χ0) is 12.4. The molecule has 2 rings (SSSR count). The van der Waals surface area contributed by atoms with Crippen molar-refractivity contribution in [2.45, 2.75) is 38.8 Å². The van der Waals surface area contributed by atoms with Crippen molar-refractivity contribution < 1.29 is 14.6 Å². The number of hydrogen-bond donors (Lipinski definition) is 1. The van der Waals surface area contributed by atoms with Crippen LogP contribution in [0.2, 0.25) is 0 Å². The summed E-state index contributed by atoms with van der Waals surface area (Å²) in [6, 6.07) is 0.230. The second-order valence-electron chi connectivity index (χ2n) is 4.96. The van der Waals surface area contributed by atoms with Gasteiger partial charge in [-0.25, -0.2) is 4.79 Å². The van der Waals surface area contributed by atoms with Crippen LogP contribution in [-0.4, -0.2) is 47.8 Å². The maximum Gasteiger partial charge on any atom is 0.333 e. The molecular weight excluding hydrogens is 218 g/mol. The molecular formula is C13H21NO3. The lowest BCUT2D eigenvalue weighted by molar-refractivity contribution is -0.145. The number of carbonyl (C=O) groups is 1. The number of esters is 1. The first-order valence-electron chi connectivity index (χ1n) is 6.36. The average Bonchev–Trinajstić information content (AvgIpc) is 2.90. The standard InChI is InChI=1S/C13H21NO3/c1-3-9(2)13(16)17-11-5-7-14-6-4-10(8-15)12(11)14/h3,10-12,15H,4-8H2,1-2H3/b9-3+/t10-,11+,12+/m1/s1. The van der Waals surface area contributed by atoms with Gasteiger partial charge in [0.1, 0.15) is 6.10 Å². The summed E-state index contributed by atoms with van der Waals surface area (Å²) in [5, 5.41) is 9.34. The fraction of sp³-hybridized carbons (Fsp3) is 0.769. The molecule has 1 N–H and O–H groups in total. The van der Waals surface area contributed by atoms with Gasteiger partial charge in [0.2, 0.25) is 0 Å². The molecule has 0 aromatic rings. The van der Waals surface area contributed by atoms with Crippen molar-refractivity contribution in [2.75, 3.05) is 19.7 Å². The lowest BCUT2D eigenvalue weighted by atomic mass is 9.97. The molecule has 0 aromatic heterocycles. The summed E-state index contributed by atoms with van der Waals surface area (Å²) in [5.74, 6) is 0.0455. The Bertz CT molecular complexity index is 327. The maximum absolute atomic E-state index is 11.7. The summed E-state index contributed by atoms with van der Waals surface area (Å²) in [7, 11) is 0. The quantitative estimate of drug-likeness (QED) is 0.588. The molecule has 0 saturated carbocycles. The Balaban J connectivity index is 2.00. The molecule has 2 aliphatic rings. The normalized spacial score (nSPS) is 33.8. The summed E-state index contributed by atoms with van der Waals surface area (Å²) in [4.78, 5) is 14.1. The van der Waals surface area contributed by atoms with Crippen molar-refractivity contribution >= 4 is 5.97 Å². The molecule has 0 radical (unpaired) electrons. The molecule has 4 heteroatoms. The number of allylic oxidation sites excluding steroid dienone is 1. The van der Waals surface area contributed by atoms with Crippen molar-refractivity contribution in [2.24, 2.45) is 5.92 Å². The minimum atomic E-state index is -0.220. The third kappa shape index (κ3) is 2.38. The third-order valence-corrected chi connectivity index (χ3v) is 4.02. The van der Waals surface area contributed by atoms with E-state index < -0.39 is 0 Å². The molecule has 96 valence electrons. The molecule has 4 nitrogen and oxygen atoms in total. The molecule has 0 amide bonds. The molecule has 0 aromatic carbocycles. The number of fused-ring (bicyclic) bond motifs is 1. The van der Waals surface area contributed by atoms with Crippen LogP contribution in [0.4, 0.5) is 0 Å². The van der Waals surface area contributed by atoms with E-state index in [0.717, 1.165) is 25.9 Å². The van der Waals surface area contributed by atoms with Crippen LogP contribution >= 0.6 is 0 Å². The van der Waals surface area contributed by atoms with E-state index in [1.165, 1.54) is 0 Å². The van der Waals surface area contributed by atoms with Gasteiger partial charge in [-0.2, -0.15) is 0 Å². The molecule has 0 aliphatic carbocycles. The van der Waals surface area contributed by atoms with Crippen molar-refractivity contribution in [3.63, 3.8) is 0 Å². The molecule has 3 atom stereocenters. The van der Waals surface area contributed by atoms with Gasteiger partial charge in [-0.05, 0) is 33.2 Å². The average molecular weight is 239 g/mol. The van der Waals surface area contributed by atoms with Gasteiger partial charge in [-0.1, -0.05) is 6.08 Å². The number of hydrogen-bond acceptors (Lipinski definition) is 4. The minimum absolute atomic E-state index is 0.0444. The number of rotatable bonds is 3. The SMILES string of the molecule is C/C=C(\C)C(=O)O[C@H]1CCN2CC[C@H](CO)[C@@H]12. The predicted molar refractivity (Wildman–Crippen MR) is 64.5 cm³/mol. The second kappa shape index (κ2) is 5.19. The summed E-state index contributed by atoms with van der Waals surface area (Å²) < 4.78 is 5.55. The van der Waals surface area contributed by atoms with Crippen LogP contribution in [0.3, 0.4) is 0 Å². The Morgan fingerprint density at radius 3 is 2.82 bits per heavy atom. The van der Waals surface area contributed by atoms with E-state index in [-0.39, 0.29) is 30.6 Å². The molecule has 2 saturated heterocycles. The Labute approximate surface area is 102 Å². The van der Waals surface area contributed by atoms with E-state index >= 15 is 0 Å². The van der Waals surface area contributed by atoms with Gasteiger partial charge >= 0.3 is 5.97 Å². The van der Waals surface area contributed by atoms with E-state index in [2.05, 4.69) is 4.90 Å². The predicted octanol–water partition coefficient (Wildman–Crippen LogP) is 0.951. The van der Waals surface area contributed by atoms with Gasteiger partial charge in [0.15, 0.2) is 0 Å². The molecule has 2 aliphatic heterocycles. The number of aliphatic hydroxyl groups is 1. The highest BCUT2D eigenvalue weighted by Crippen LogP contribution is 2.34. The Kier molecular flexibility index (Phi) is 3.84. The number of ether oxygens (including phenoxy) is 1. The lowest BCUT2D eigenvalue weighted by Gasteiger charge is -2.25. The van der Waals surface area contributed by atoms with Gasteiger partial charge in [-0.15, -0.1) is 0 Å². The highest BCUT2D eigenvalue weighted by Gasteiger charge is 2.45. The van der Waals surface area contributed by atoms with Crippen LogP contribution in [0.15, 0.2) is 11.6 Å². The summed E-state index contributed by atoms with van der Waals surface area (Å²) in [6.45, 7) is 5.80. The van der Waals surface area contributed by atoms with E-state index in [4.69, 9.17) is 4.74 Å². The van der Waals surface area contributed by atoms with Crippen molar-refractivity contribution in [1.29, 1.82) is 0 Å². The summed E-state index contributed by atoms with van der Waals surface area (Å²) in [5.41, 5.74) is 0.655. The molecule has 2 fully saturated rings. The van der Waals surface area contributed by atoms with Gasteiger partial charge in [0.25, 0.3) is 0 Å². The van der Waals surface area contributed by atoms with Crippen LogP contribution in [-0.2, 0) is 9.53 Å². The van der Waals surface area contributed by atoms with Gasteiger partial charge in [0.05, 0.1) is 6.04 Å². The summed E-state index contributed by atoms with van der Waals surface area (Å²) >= 11 is 0. The Morgan fingerprint density at radius 1 is 1.47 bits per heavy atom. The van der Waals surface area contributed by atoms with Crippen LogP contribution in [0.1, 0.15) is 26.7 Å². The highest BCUT2D eigenvalue weighted by molar-refractivity contribution is 5.87. The first kappa shape index (κ1) is 12.6. The van der Waals surface area contributed by atoms with E-state index in [1.54, 1.807) is 13.0 Å². The number of nitrogens with zero attached hydrogens (tertiary/aromatic N) is 1. The van der Waals surface area contributed by atoms with Crippen molar-refractivity contribution in [3.05, 3.63) is 11.6 Å². The Hall–Kier alpha value is -0.870. The minimum Gasteiger partial charge on any atom is -0.457 e. The van der Waals surface area contributed by atoms with Crippen LogP contribution < -0.4 is 0 Å². The molecule has 2 heterocycles. The fourth-order valence-corrected chi connectivity index (χ4v) is 2.89. The Morgan fingerprint density at radius 2 is 2.18 bits per heavy atom. The van der Waals surface area contributed by atoms with Crippen LogP contribution in [0.25, 0.3) is 0 Å². The van der Waals surface area contributed by atoms with Gasteiger partial charge < -0.3 is 9.84 Å². The zero-order valence-electron chi connectivity index (χ0n) is 10.6.